The first-order valence-corrected chi connectivity index (χ1v) is 6.35. The van der Waals surface area contributed by atoms with E-state index in [-0.39, 0.29) is 0 Å². The zero-order valence-electron chi connectivity index (χ0n) is 11.3. The van der Waals surface area contributed by atoms with Crippen molar-refractivity contribution in [1.29, 1.82) is 0 Å². The Morgan fingerprint density at radius 3 is 2.89 bits per heavy atom. The van der Waals surface area contributed by atoms with Crippen LogP contribution in [0.2, 0.25) is 0 Å². The lowest BCUT2D eigenvalue weighted by Gasteiger charge is -2.06. The molecule has 0 aliphatic heterocycles. The molecule has 0 heterocycles. The van der Waals surface area contributed by atoms with Crippen molar-refractivity contribution in [3.8, 4) is 0 Å². The SMILES string of the molecule is COCCCCCN=C(N)Nc1cccc(C)c1. The Labute approximate surface area is 109 Å². The zero-order valence-corrected chi connectivity index (χ0v) is 11.3. The van der Waals surface area contributed by atoms with Crippen LogP contribution in [0.5, 0.6) is 0 Å². The lowest BCUT2D eigenvalue weighted by molar-refractivity contribution is 0.192. The van der Waals surface area contributed by atoms with Crippen molar-refractivity contribution in [1.82, 2.24) is 0 Å². The fourth-order valence-corrected chi connectivity index (χ4v) is 1.64. The maximum Gasteiger partial charge on any atom is 0.193 e. The first kappa shape index (κ1) is 14.5. The van der Waals surface area contributed by atoms with Gasteiger partial charge in [-0.2, -0.15) is 0 Å². The van der Waals surface area contributed by atoms with E-state index in [1.807, 2.05) is 31.2 Å². The quantitative estimate of drug-likeness (QED) is 0.443. The smallest absolute Gasteiger partial charge is 0.193 e. The summed E-state index contributed by atoms with van der Waals surface area (Å²) in [5.41, 5.74) is 7.99. The van der Waals surface area contributed by atoms with Crippen molar-refractivity contribution in [2.45, 2.75) is 26.2 Å². The van der Waals surface area contributed by atoms with E-state index in [9.17, 15) is 0 Å². The van der Waals surface area contributed by atoms with E-state index in [1.54, 1.807) is 7.11 Å². The van der Waals surface area contributed by atoms with Crippen LogP contribution in [-0.2, 0) is 4.74 Å². The van der Waals surface area contributed by atoms with Gasteiger partial charge < -0.3 is 15.8 Å². The van der Waals surface area contributed by atoms with Crippen LogP contribution in [0.3, 0.4) is 0 Å². The van der Waals surface area contributed by atoms with E-state index in [0.29, 0.717) is 5.96 Å². The third kappa shape index (κ3) is 6.25. The number of benzene rings is 1. The van der Waals surface area contributed by atoms with E-state index in [0.717, 1.165) is 38.1 Å². The highest BCUT2D eigenvalue weighted by Gasteiger charge is 1.95. The minimum absolute atomic E-state index is 0.479. The Morgan fingerprint density at radius 2 is 2.17 bits per heavy atom. The lowest BCUT2D eigenvalue weighted by atomic mass is 10.2. The number of nitrogens with zero attached hydrogens (tertiary/aromatic N) is 1. The van der Waals surface area contributed by atoms with Crippen LogP contribution >= 0.6 is 0 Å². The number of guanidine groups is 1. The second-order valence-corrected chi connectivity index (χ2v) is 4.31. The average Bonchev–Trinajstić information content (AvgIpc) is 2.33. The molecule has 0 radical (unpaired) electrons. The van der Waals surface area contributed by atoms with E-state index in [2.05, 4.69) is 10.3 Å². The Hall–Kier alpha value is -1.55. The van der Waals surface area contributed by atoms with Gasteiger partial charge in [0.05, 0.1) is 0 Å². The monoisotopic (exact) mass is 249 g/mol. The van der Waals surface area contributed by atoms with Crippen molar-refractivity contribution < 1.29 is 4.74 Å². The molecule has 0 unspecified atom stereocenters. The van der Waals surface area contributed by atoms with Crippen molar-refractivity contribution in [2.24, 2.45) is 10.7 Å². The first-order valence-electron chi connectivity index (χ1n) is 6.35. The van der Waals surface area contributed by atoms with Crippen LogP contribution in [0.4, 0.5) is 5.69 Å². The van der Waals surface area contributed by atoms with Crippen molar-refractivity contribution >= 4 is 11.6 Å². The van der Waals surface area contributed by atoms with Gasteiger partial charge in [0.25, 0.3) is 0 Å². The molecule has 4 heteroatoms. The van der Waals surface area contributed by atoms with Crippen LogP contribution in [0, 0.1) is 6.92 Å². The van der Waals surface area contributed by atoms with Gasteiger partial charge in [0.15, 0.2) is 5.96 Å². The van der Waals surface area contributed by atoms with E-state index in [1.165, 1.54) is 5.56 Å². The van der Waals surface area contributed by atoms with Crippen molar-refractivity contribution in [3.63, 3.8) is 0 Å². The minimum Gasteiger partial charge on any atom is -0.385 e. The predicted molar refractivity (Wildman–Crippen MR) is 77.0 cm³/mol. The maximum atomic E-state index is 5.81. The van der Waals surface area contributed by atoms with Crippen molar-refractivity contribution in [3.05, 3.63) is 29.8 Å². The Balaban J connectivity index is 2.25. The highest BCUT2D eigenvalue weighted by atomic mass is 16.5. The largest absolute Gasteiger partial charge is 0.385 e. The normalized spacial score (nSPS) is 11.6. The van der Waals surface area contributed by atoms with Crippen LogP contribution in [0.1, 0.15) is 24.8 Å². The molecule has 0 saturated carbocycles. The molecule has 1 rings (SSSR count). The number of methoxy groups -OCH3 is 1. The summed E-state index contributed by atoms with van der Waals surface area (Å²) in [6.07, 6.45) is 3.24. The molecule has 1 aromatic rings. The number of anilines is 1. The summed E-state index contributed by atoms with van der Waals surface area (Å²) in [6.45, 7) is 3.63. The molecule has 0 amide bonds. The zero-order chi connectivity index (χ0) is 13.2. The molecule has 0 saturated heterocycles. The molecule has 0 fully saturated rings. The number of nitrogens with two attached hydrogens (primary N) is 1. The second kappa shape index (κ2) is 8.53. The minimum atomic E-state index is 0.479. The van der Waals surface area contributed by atoms with Gasteiger partial charge in [0.1, 0.15) is 0 Å². The summed E-state index contributed by atoms with van der Waals surface area (Å²) in [4.78, 5) is 4.29. The maximum absolute atomic E-state index is 5.81. The van der Waals surface area contributed by atoms with E-state index < -0.39 is 0 Å². The summed E-state index contributed by atoms with van der Waals surface area (Å²) in [7, 11) is 1.72. The highest BCUT2D eigenvalue weighted by Crippen LogP contribution is 2.08. The molecule has 1 aromatic carbocycles. The number of ether oxygens (including phenoxy) is 1. The first-order chi connectivity index (χ1) is 8.72. The number of aliphatic imine (C=N–C) groups is 1. The summed E-state index contributed by atoms with van der Waals surface area (Å²) in [5, 5.41) is 3.09. The van der Waals surface area contributed by atoms with Gasteiger partial charge in [-0.3, -0.25) is 4.99 Å². The molecule has 100 valence electrons. The third-order valence-corrected chi connectivity index (χ3v) is 2.58. The highest BCUT2D eigenvalue weighted by molar-refractivity contribution is 5.92. The molecule has 0 aliphatic rings. The topological polar surface area (TPSA) is 59.6 Å². The van der Waals surface area contributed by atoms with Gasteiger partial charge in [-0.1, -0.05) is 12.1 Å². The van der Waals surface area contributed by atoms with E-state index >= 15 is 0 Å². The average molecular weight is 249 g/mol. The van der Waals surface area contributed by atoms with E-state index in [4.69, 9.17) is 10.5 Å². The lowest BCUT2D eigenvalue weighted by Crippen LogP contribution is -2.22. The molecular formula is C14H23N3O. The van der Waals surface area contributed by atoms with Crippen LogP contribution < -0.4 is 11.1 Å². The number of aryl methyl sites for hydroxylation is 1. The van der Waals surface area contributed by atoms with Gasteiger partial charge in [-0.05, 0) is 43.9 Å². The van der Waals surface area contributed by atoms with Gasteiger partial charge in [0.2, 0.25) is 0 Å². The van der Waals surface area contributed by atoms with Gasteiger partial charge in [-0.15, -0.1) is 0 Å². The molecule has 0 bridgehead atoms. The summed E-state index contributed by atoms with van der Waals surface area (Å²) < 4.78 is 4.99. The number of hydrogen-bond donors (Lipinski definition) is 2. The Bertz CT molecular complexity index is 377. The second-order valence-electron chi connectivity index (χ2n) is 4.31. The molecule has 0 aliphatic carbocycles. The fourth-order valence-electron chi connectivity index (χ4n) is 1.64. The fraction of sp³-hybridized carbons (Fsp3) is 0.500. The molecule has 0 spiro atoms. The number of hydrogen-bond acceptors (Lipinski definition) is 2. The predicted octanol–water partition coefficient (Wildman–Crippen LogP) is 2.54. The molecular weight excluding hydrogens is 226 g/mol. The van der Waals surface area contributed by atoms with Crippen LogP contribution in [-0.4, -0.2) is 26.2 Å². The van der Waals surface area contributed by atoms with Crippen molar-refractivity contribution in [2.75, 3.05) is 25.6 Å². The molecule has 0 aromatic heterocycles. The number of rotatable bonds is 7. The van der Waals surface area contributed by atoms with Crippen LogP contribution in [0.15, 0.2) is 29.3 Å². The molecule has 4 nitrogen and oxygen atoms in total. The summed E-state index contributed by atoms with van der Waals surface area (Å²) in [6, 6.07) is 8.07. The molecule has 3 N–H and O–H groups in total. The summed E-state index contributed by atoms with van der Waals surface area (Å²) >= 11 is 0. The van der Waals surface area contributed by atoms with Gasteiger partial charge >= 0.3 is 0 Å². The summed E-state index contributed by atoms with van der Waals surface area (Å²) in [5.74, 6) is 0.479. The number of unbranched alkanes of at least 4 members (excludes halogenated alkanes) is 2. The standard InChI is InChI=1S/C14H23N3O/c1-12-7-6-8-13(11-12)17-14(15)16-9-4-3-5-10-18-2/h6-8,11H,3-5,9-10H2,1-2H3,(H3,15,16,17). The molecule has 0 atom stereocenters. The van der Waals surface area contributed by atoms with Gasteiger partial charge in [-0.25, -0.2) is 0 Å². The third-order valence-electron chi connectivity index (χ3n) is 2.58. The van der Waals surface area contributed by atoms with Gasteiger partial charge in [0, 0.05) is 25.9 Å². The molecule has 18 heavy (non-hydrogen) atoms. The Kier molecular flexibility index (Phi) is 6.87. The van der Waals surface area contributed by atoms with Crippen LogP contribution in [0.25, 0.3) is 0 Å². The Morgan fingerprint density at radius 1 is 1.33 bits per heavy atom. The number of nitrogens with one attached hydrogen (secondary N) is 1.